The van der Waals surface area contributed by atoms with E-state index in [2.05, 4.69) is 5.32 Å². The minimum absolute atomic E-state index is 0.0458. The molecule has 0 bridgehead atoms. The first kappa shape index (κ1) is 17.4. The Morgan fingerprint density at radius 3 is 2.67 bits per heavy atom. The molecule has 1 N–H and O–H groups in total. The van der Waals surface area contributed by atoms with E-state index in [9.17, 15) is 14.0 Å². The molecule has 1 fully saturated rings. The van der Waals surface area contributed by atoms with Crippen molar-refractivity contribution in [1.29, 1.82) is 0 Å². The number of nitrogens with one attached hydrogen (secondary N) is 1. The molecule has 2 heterocycles. The van der Waals surface area contributed by atoms with Gasteiger partial charge in [0.15, 0.2) is 0 Å². The van der Waals surface area contributed by atoms with Crippen LogP contribution >= 0.6 is 0 Å². The first-order valence-corrected chi connectivity index (χ1v) is 8.92. The molecule has 6 heteroatoms. The lowest BCUT2D eigenvalue weighted by Crippen LogP contribution is -2.27. The van der Waals surface area contributed by atoms with Crippen LogP contribution in [0.1, 0.15) is 29.2 Å². The molecule has 0 aliphatic carbocycles. The van der Waals surface area contributed by atoms with E-state index >= 15 is 0 Å². The largest absolute Gasteiger partial charge is 0.381 e. The summed E-state index contributed by atoms with van der Waals surface area (Å²) in [5.74, 6) is -0.997. The van der Waals surface area contributed by atoms with Crippen molar-refractivity contribution in [3.63, 3.8) is 0 Å². The predicted octanol–water partition coefficient (Wildman–Crippen LogP) is 3.74. The van der Waals surface area contributed by atoms with Crippen LogP contribution in [0.4, 0.5) is 10.1 Å². The number of nitrogens with zero attached hydrogens (tertiary/aromatic N) is 1. The van der Waals surface area contributed by atoms with Crippen molar-refractivity contribution >= 4 is 22.5 Å². The highest BCUT2D eigenvalue weighted by atomic mass is 19.1. The zero-order valence-corrected chi connectivity index (χ0v) is 14.7. The maximum absolute atomic E-state index is 13.4. The molecule has 1 saturated heterocycles. The van der Waals surface area contributed by atoms with Gasteiger partial charge in [-0.05, 0) is 43.2 Å². The maximum atomic E-state index is 13.4. The average molecular weight is 366 g/mol. The summed E-state index contributed by atoms with van der Waals surface area (Å²) in [6, 6.07) is 13.0. The smallest absolute Gasteiger partial charge is 0.261 e. The summed E-state index contributed by atoms with van der Waals surface area (Å²) in [6.07, 6.45) is 3.25. The SMILES string of the molecule is O=C(Nc1cccc(F)c1)c1cn(C2CCOCC2)c2ccccc2c1=O. The third-order valence-electron chi connectivity index (χ3n) is 4.85. The standard InChI is InChI=1S/C21H19FN2O3/c22-14-4-3-5-15(12-14)23-21(26)18-13-24(16-8-10-27-11-9-16)19-7-2-1-6-17(19)20(18)25/h1-7,12-13,16H,8-11H2,(H,23,26). The van der Waals surface area contributed by atoms with Crippen molar-refractivity contribution in [2.24, 2.45) is 0 Å². The summed E-state index contributed by atoms with van der Waals surface area (Å²) in [5, 5.41) is 3.11. The molecule has 0 atom stereocenters. The van der Waals surface area contributed by atoms with Gasteiger partial charge < -0.3 is 14.6 Å². The van der Waals surface area contributed by atoms with E-state index < -0.39 is 11.7 Å². The van der Waals surface area contributed by atoms with Crippen LogP contribution in [0, 0.1) is 5.82 Å². The van der Waals surface area contributed by atoms with Crippen molar-refractivity contribution < 1.29 is 13.9 Å². The van der Waals surface area contributed by atoms with E-state index in [1.807, 2.05) is 16.7 Å². The van der Waals surface area contributed by atoms with Crippen molar-refractivity contribution in [2.45, 2.75) is 18.9 Å². The molecule has 2 aromatic carbocycles. The summed E-state index contributed by atoms with van der Waals surface area (Å²) >= 11 is 0. The molecule has 1 aromatic heterocycles. The lowest BCUT2D eigenvalue weighted by molar-refractivity contribution is 0.0705. The number of carbonyl (C=O) groups excluding carboxylic acids is 1. The number of halogens is 1. The van der Waals surface area contributed by atoms with Gasteiger partial charge in [0.05, 0.1) is 5.52 Å². The number of aromatic nitrogens is 1. The van der Waals surface area contributed by atoms with E-state index in [0.29, 0.717) is 24.3 Å². The summed E-state index contributed by atoms with van der Waals surface area (Å²) in [6.45, 7) is 1.30. The molecule has 138 valence electrons. The Bertz CT molecular complexity index is 1050. The Morgan fingerprint density at radius 1 is 1.11 bits per heavy atom. The number of rotatable bonds is 3. The number of hydrogen-bond donors (Lipinski definition) is 1. The quantitative estimate of drug-likeness (QED) is 0.768. The molecule has 4 rings (SSSR count). The number of hydrogen-bond acceptors (Lipinski definition) is 3. The Morgan fingerprint density at radius 2 is 1.89 bits per heavy atom. The van der Waals surface area contributed by atoms with Gasteiger partial charge in [0.25, 0.3) is 5.91 Å². The number of ether oxygens (including phenoxy) is 1. The Balaban J connectivity index is 1.79. The van der Waals surface area contributed by atoms with E-state index in [-0.39, 0.29) is 17.0 Å². The number of amides is 1. The number of pyridine rings is 1. The molecule has 5 nitrogen and oxygen atoms in total. The van der Waals surface area contributed by atoms with Crippen molar-refractivity contribution in [2.75, 3.05) is 18.5 Å². The highest BCUT2D eigenvalue weighted by molar-refractivity contribution is 6.05. The molecule has 0 spiro atoms. The molecular formula is C21H19FN2O3. The second-order valence-corrected chi connectivity index (χ2v) is 6.60. The van der Waals surface area contributed by atoms with Gasteiger partial charge in [-0.2, -0.15) is 0 Å². The first-order valence-electron chi connectivity index (χ1n) is 8.92. The van der Waals surface area contributed by atoms with Gasteiger partial charge >= 0.3 is 0 Å². The van der Waals surface area contributed by atoms with Crippen LogP contribution < -0.4 is 10.7 Å². The summed E-state index contributed by atoms with van der Waals surface area (Å²) in [4.78, 5) is 25.6. The van der Waals surface area contributed by atoms with Gasteiger partial charge in [0, 0.05) is 36.5 Å². The van der Waals surface area contributed by atoms with E-state index in [1.54, 1.807) is 24.4 Å². The molecule has 27 heavy (non-hydrogen) atoms. The Labute approximate surface area is 155 Å². The van der Waals surface area contributed by atoms with E-state index in [4.69, 9.17) is 4.74 Å². The number of fused-ring (bicyclic) bond motifs is 1. The van der Waals surface area contributed by atoms with Crippen LogP contribution in [0.15, 0.2) is 59.5 Å². The van der Waals surface area contributed by atoms with Gasteiger partial charge in [0.2, 0.25) is 5.43 Å². The molecule has 3 aromatic rings. The molecule has 1 aliphatic heterocycles. The van der Waals surface area contributed by atoms with Crippen LogP contribution in [0.3, 0.4) is 0 Å². The molecule has 1 aliphatic rings. The number of anilines is 1. The lowest BCUT2D eigenvalue weighted by atomic mass is 10.1. The van der Waals surface area contributed by atoms with Crippen LogP contribution in [-0.4, -0.2) is 23.7 Å². The maximum Gasteiger partial charge on any atom is 0.261 e. The number of carbonyl (C=O) groups is 1. The topological polar surface area (TPSA) is 60.3 Å². The van der Waals surface area contributed by atoms with Crippen molar-refractivity contribution in [1.82, 2.24) is 4.57 Å². The van der Waals surface area contributed by atoms with Crippen molar-refractivity contribution in [3.8, 4) is 0 Å². The fraction of sp³-hybridized carbons (Fsp3) is 0.238. The second-order valence-electron chi connectivity index (χ2n) is 6.60. The zero-order valence-electron chi connectivity index (χ0n) is 14.7. The van der Waals surface area contributed by atoms with Crippen LogP contribution in [-0.2, 0) is 4.74 Å². The monoisotopic (exact) mass is 366 g/mol. The van der Waals surface area contributed by atoms with Gasteiger partial charge in [-0.25, -0.2) is 4.39 Å². The molecule has 1 amide bonds. The van der Waals surface area contributed by atoms with Crippen LogP contribution in [0.5, 0.6) is 0 Å². The van der Waals surface area contributed by atoms with E-state index in [1.165, 1.54) is 18.2 Å². The molecule has 0 radical (unpaired) electrons. The highest BCUT2D eigenvalue weighted by Crippen LogP contribution is 2.25. The van der Waals surface area contributed by atoms with Gasteiger partial charge in [-0.1, -0.05) is 18.2 Å². The summed E-state index contributed by atoms with van der Waals surface area (Å²) < 4.78 is 20.8. The second kappa shape index (κ2) is 7.32. The lowest BCUT2D eigenvalue weighted by Gasteiger charge is -2.27. The third kappa shape index (κ3) is 3.48. The van der Waals surface area contributed by atoms with E-state index in [0.717, 1.165) is 18.4 Å². The van der Waals surface area contributed by atoms with Gasteiger partial charge in [0.1, 0.15) is 11.4 Å². The molecule has 0 unspecified atom stereocenters. The minimum Gasteiger partial charge on any atom is -0.381 e. The highest BCUT2D eigenvalue weighted by Gasteiger charge is 2.21. The number of para-hydroxylation sites is 1. The van der Waals surface area contributed by atoms with Crippen molar-refractivity contribution in [3.05, 3.63) is 76.3 Å². The summed E-state index contributed by atoms with van der Waals surface area (Å²) in [5.41, 5.74) is 0.828. The fourth-order valence-electron chi connectivity index (χ4n) is 3.49. The Hall–Kier alpha value is -2.99. The molecule has 0 saturated carbocycles. The molecular weight excluding hydrogens is 347 g/mol. The van der Waals surface area contributed by atoms with Gasteiger partial charge in [-0.15, -0.1) is 0 Å². The Kier molecular flexibility index (Phi) is 4.73. The predicted molar refractivity (Wildman–Crippen MR) is 102 cm³/mol. The number of benzene rings is 2. The first-order chi connectivity index (χ1) is 13.1. The fourth-order valence-corrected chi connectivity index (χ4v) is 3.49. The minimum atomic E-state index is -0.544. The van der Waals surface area contributed by atoms with Gasteiger partial charge in [-0.3, -0.25) is 9.59 Å². The average Bonchev–Trinajstić information content (AvgIpc) is 2.69. The third-order valence-corrected chi connectivity index (χ3v) is 4.85. The zero-order chi connectivity index (χ0) is 18.8. The summed E-state index contributed by atoms with van der Waals surface area (Å²) in [7, 11) is 0. The normalized spacial score (nSPS) is 15.0. The van der Waals surface area contributed by atoms with Crippen LogP contribution in [0.2, 0.25) is 0 Å². The van der Waals surface area contributed by atoms with Crippen LogP contribution in [0.25, 0.3) is 10.9 Å².